The Morgan fingerprint density at radius 1 is 0.417 bits per heavy atom. The van der Waals surface area contributed by atoms with Gasteiger partial charge in [-0.3, -0.25) is 0 Å². The molecule has 48 heavy (non-hydrogen) atoms. The molecule has 0 spiro atoms. The number of hydrogen-bond donors (Lipinski definition) is 0. The van der Waals surface area contributed by atoms with Crippen molar-refractivity contribution in [1.29, 1.82) is 0 Å². The van der Waals surface area contributed by atoms with Gasteiger partial charge in [0, 0.05) is 22.5 Å². The lowest BCUT2D eigenvalue weighted by Crippen LogP contribution is -2.27. The van der Waals surface area contributed by atoms with E-state index in [1.165, 1.54) is 126 Å². The molecule has 240 valence electrons. The zero-order chi connectivity index (χ0) is 32.2. The van der Waals surface area contributed by atoms with Crippen molar-refractivity contribution in [3.05, 3.63) is 162 Å². The first kappa shape index (κ1) is 30.7. The molecule has 0 N–H and O–H groups in total. The van der Waals surface area contributed by atoms with Crippen LogP contribution < -0.4 is 4.90 Å². The molecule has 2 saturated carbocycles. The Balaban J connectivity index is 1.16. The minimum Gasteiger partial charge on any atom is -0.311 e. The van der Waals surface area contributed by atoms with Crippen molar-refractivity contribution in [2.45, 2.75) is 82.0 Å². The van der Waals surface area contributed by atoms with Crippen LogP contribution in [0.4, 0.5) is 17.1 Å². The molecule has 0 amide bonds. The molecule has 0 atom stereocenters. The first-order valence-corrected chi connectivity index (χ1v) is 18.4. The third kappa shape index (κ3) is 6.19. The predicted octanol–water partition coefficient (Wildman–Crippen LogP) is 13.7. The topological polar surface area (TPSA) is 3.24 Å². The summed E-state index contributed by atoms with van der Waals surface area (Å²) in [4.78, 5) is 2.45. The van der Waals surface area contributed by atoms with E-state index in [2.05, 4.69) is 150 Å². The van der Waals surface area contributed by atoms with Gasteiger partial charge in [-0.15, -0.1) is 0 Å². The maximum absolute atomic E-state index is 2.45. The molecule has 0 aliphatic heterocycles. The van der Waals surface area contributed by atoms with Gasteiger partial charge in [0.25, 0.3) is 0 Å². The fourth-order valence-corrected chi connectivity index (χ4v) is 8.71. The van der Waals surface area contributed by atoms with Crippen molar-refractivity contribution in [3.8, 4) is 11.1 Å². The van der Waals surface area contributed by atoms with Crippen molar-refractivity contribution < 1.29 is 0 Å². The average Bonchev–Trinajstić information content (AvgIpc) is 3.44. The van der Waals surface area contributed by atoms with Gasteiger partial charge in [-0.25, -0.2) is 0 Å². The molecular weight excluding hydrogens is 579 g/mol. The second-order valence-electron chi connectivity index (χ2n) is 14.3. The molecule has 6 aromatic carbocycles. The smallest absolute Gasteiger partial charge is 0.0462 e. The highest BCUT2D eigenvalue weighted by Crippen LogP contribution is 2.45. The van der Waals surface area contributed by atoms with E-state index in [0.717, 1.165) is 0 Å². The monoisotopic (exact) mass is 625 g/mol. The van der Waals surface area contributed by atoms with Crippen LogP contribution in [0.15, 0.2) is 146 Å². The van der Waals surface area contributed by atoms with Gasteiger partial charge in [0.2, 0.25) is 0 Å². The van der Waals surface area contributed by atoms with Crippen LogP contribution in [-0.4, -0.2) is 0 Å². The van der Waals surface area contributed by atoms with Gasteiger partial charge in [0.15, 0.2) is 0 Å². The van der Waals surface area contributed by atoms with Crippen LogP contribution in [0, 0.1) is 0 Å². The molecule has 2 aliphatic carbocycles. The van der Waals surface area contributed by atoms with Gasteiger partial charge in [-0.2, -0.15) is 0 Å². The molecule has 8 rings (SSSR count). The Kier molecular flexibility index (Phi) is 8.86. The highest BCUT2D eigenvalue weighted by molar-refractivity contribution is 5.88. The lowest BCUT2D eigenvalue weighted by Gasteiger charge is -2.35. The van der Waals surface area contributed by atoms with Crippen molar-refractivity contribution in [2.75, 3.05) is 4.90 Å². The highest BCUT2D eigenvalue weighted by atomic mass is 15.1. The third-order valence-electron chi connectivity index (χ3n) is 11.4. The summed E-state index contributed by atoms with van der Waals surface area (Å²) in [6, 6.07) is 55.0. The molecule has 6 aromatic rings. The first-order valence-electron chi connectivity index (χ1n) is 18.4. The quantitative estimate of drug-likeness (QED) is 0.160. The fraction of sp³-hybridized carbons (Fsp3) is 0.277. The molecule has 2 aliphatic rings. The largest absolute Gasteiger partial charge is 0.311 e. The summed E-state index contributed by atoms with van der Waals surface area (Å²) in [7, 11) is 0. The van der Waals surface area contributed by atoms with E-state index in [9.17, 15) is 0 Å². The van der Waals surface area contributed by atoms with Crippen molar-refractivity contribution in [1.82, 2.24) is 0 Å². The summed E-state index contributed by atoms with van der Waals surface area (Å²) < 4.78 is 0. The highest BCUT2D eigenvalue weighted by Gasteiger charge is 2.34. The number of fused-ring (bicyclic) bond motifs is 1. The minimum absolute atomic E-state index is 0.0876. The molecule has 0 radical (unpaired) electrons. The predicted molar refractivity (Wildman–Crippen MR) is 205 cm³/mol. The van der Waals surface area contributed by atoms with Crippen LogP contribution in [0.3, 0.4) is 0 Å². The van der Waals surface area contributed by atoms with E-state index in [1.54, 1.807) is 0 Å². The van der Waals surface area contributed by atoms with E-state index < -0.39 is 0 Å². The van der Waals surface area contributed by atoms with Crippen LogP contribution in [0.25, 0.3) is 21.9 Å². The van der Waals surface area contributed by atoms with E-state index in [0.29, 0.717) is 5.92 Å². The number of nitrogens with zero attached hydrogens (tertiary/aromatic N) is 1. The standard InChI is InChI=1S/C47H47N/c1-2-12-34-47(33-11-1,42-17-7-4-8-18-42)43-25-31-46(32-26-43)48(44-27-21-38(22-28-44)36-13-5-3-6-14-36)45-29-23-39(24-30-45)41-20-19-37-15-9-10-16-40(37)35-41/h4,7-10,15-32,35-36H,1-3,5-6,11-14,33-34H2. The molecule has 0 bridgehead atoms. The van der Waals surface area contributed by atoms with Crippen molar-refractivity contribution in [3.63, 3.8) is 0 Å². The van der Waals surface area contributed by atoms with E-state index in [1.807, 2.05) is 0 Å². The summed E-state index contributed by atoms with van der Waals surface area (Å²) in [5.74, 6) is 0.704. The minimum atomic E-state index is 0.0876. The summed E-state index contributed by atoms with van der Waals surface area (Å²) in [6.45, 7) is 0. The average molecular weight is 626 g/mol. The zero-order valence-electron chi connectivity index (χ0n) is 28.2. The Bertz CT molecular complexity index is 1920. The van der Waals surface area contributed by atoms with Crippen LogP contribution in [0.1, 0.15) is 93.2 Å². The maximum atomic E-state index is 2.45. The molecule has 0 saturated heterocycles. The Labute approximate surface area is 287 Å². The van der Waals surface area contributed by atoms with E-state index in [-0.39, 0.29) is 5.41 Å². The van der Waals surface area contributed by atoms with Gasteiger partial charge in [-0.1, -0.05) is 148 Å². The van der Waals surface area contributed by atoms with Gasteiger partial charge in [-0.05, 0) is 113 Å². The number of hydrogen-bond acceptors (Lipinski definition) is 1. The lowest BCUT2D eigenvalue weighted by molar-refractivity contribution is 0.443. The molecule has 0 heterocycles. The molecule has 0 aromatic heterocycles. The molecule has 1 nitrogen and oxygen atoms in total. The van der Waals surface area contributed by atoms with Crippen LogP contribution >= 0.6 is 0 Å². The molecular formula is C47H47N. The summed E-state index contributed by atoms with van der Waals surface area (Å²) in [5.41, 5.74) is 10.6. The van der Waals surface area contributed by atoms with E-state index >= 15 is 0 Å². The van der Waals surface area contributed by atoms with Crippen molar-refractivity contribution in [2.24, 2.45) is 0 Å². The van der Waals surface area contributed by atoms with Gasteiger partial charge in [0.05, 0.1) is 0 Å². The first-order chi connectivity index (χ1) is 23.8. The van der Waals surface area contributed by atoms with Gasteiger partial charge in [0.1, 0.15) is 0 Å². The second-order valence-corrected chi connectivity index (χ2v) is 14.3. The Morgan fingerprint density at radius 2 is 0.938 bits per heavy atom. The SMILES string of the molecule is c1ccc(C2(c3ccc(N(c4ccc(-c5ccc6ccccc6c5)cc4)c4ccc(C5CCCCC5)cc4)cc3)CCCCCC2)cc1. The second kappa shape index (κ2) is 13.9. The zero-order valence-corrected chi connectivity index (χ0v) is 28.2. The van der Waals surface area contributed by atoms with Crippen LogP contribution in [-0.2, 0) is 5.41 Å². The lowest BCUT2D eigenvalue weighted by atomic mass is 9.69. The van der Waals surface area contributed by atoms with Crippen LogP contribution in [0.2, 0.25) is 0 Å². The fourth-order valence-electron chi connectivity index (χ4n) is 8.71. The number of anilines is 3. The normalized spacial score (nSPS) is 16.8. The Hall–Kier alpha value is -4.62. The number of benzene rings is 6. The third-order valence-corrected chi connectivity index (χ3v) is 11.4. The summed E-state index contributed by atoms with van der Waals surface area (Å²) in [5, 5.41) is 2.56. The molecule has 2 fully saturated rings. The molecule has 0 unspecified atom stereocenters. The van der Waals surface area contributed by atoms with Gasteiger partial charge >= 0.3 is 0 Å². The molecule has 1 heteroatoms. The van der Waals surface area contributed by atoms with Crippen LogP contribution in [0.5, 0.6) is 0 Å². The summed E-state index contributed by atoms with van der Waals surface area (Å²) >= 11 is 0. The summed E-state index contributed by atoms with van der Waals surface area (Å²) in [6.07, 6.45) is 14.5. The maximum Gasteiger partial charge on any atom is 0.0462 e. The van der Waals surface area contributed by atoms with E-state index in [4.69, 9.17) is 0 Å². The Morgan fingerprint density at radius 3 is 1.60 bits per heavy atom. The van der Waals surface area contributed by atoms with Crippen molar-refractivity contribution >= 4 is 27.8 Å². The van der Waals surface area contributed by atoms with Gasteiger partial charge < -0.3 is 4.90 Å². The number of rotatable bonds is 7.